The summed E-state index contributed by atoms with van der Waals surface area (Å²) >= 11 is 0. The number of fused-ring (bicyclic) bond motifs is 1. The number of hydrogen-bond donors (Lipinski definition) is 1. The second-order valence-corrected chi connectivity index (χ2v) is 6.00. The van der Waals surface area contributed by atoms with Crippen molar-refractivity contribution in [2.24, 2.45) is 12.0 Å². The first-order valence-electron chi connectivity index (χ1n) is 8.57. The van der Waals surface area contributed by atoms with Crippen LogP contribution in [-0.2, 0) is 20.0 Å². The van der Waals surface area contributed by atoms with Crippen LogP contribution in [0.3, 0.4) is 0 Å². The van der Waals surface area contributed by atoms with Crippen LogP contribution in [0.4, 0.5) is 0 Å². The van der Waals surface area contributed by atoms with E-state index in [-0.39, 0.29) is 0 Å². The van der Waals surface area contributed by atoms with Gasteiger partial charge in [0.1, 0.15) is 5.82 Å². The van der Waals surface area contributed by atoms with Crippen LogP contribution >= 0.6 is 0 Å². The van der Waals surface area contributed by atoms with E-state index in [1.807, 2.05) is 28.8 Å². The summed E-state index contributed by atoms with van der Waals surface area (Å²) in [6.45, 7) is 4.39. The molecule has 25 heavy (non-hydrogen) atoms. The molecule has 0 fully saturated rings. The van der Waals surface area contributed by atoms with Crippen molar-refractivity contribution >= 4 is 11.6 Å². The summed E-state index contributed by atoms with van der Waals surface area (Å²) in [6, 6.07) is 10.1. The maximum atomic E-state index is 4.75. The molecule has 3 aromatic rings. The lowest BCUT2D eigenvalue weighted by Crippen LogP contribution is -2.39. The number of nitrogens with zero attached hydrogens (tertiary/aromatic N) is 6. The van der Waals surface area contributed by atoms with Gasteiger partial charge < -0.3 is 14.8 Å². The molecule has 0 aromatic carbocycles. The molecule has 0 bridgehead atoms. The van der Waals surface area contributed by atoms with Crippen molar-refractivity contribution in [3.8, 4) is 0 Å². The number of nitrogens with one attached hydrogen (secondary N) is 1. The van der Waals surface area contributed by atoms with E-state index in [4.69, 9.17) is 4.99 Å². The minimum absolute atomic E-state index is 0.662. The van der Waals surface area contributed by atoms with Crippen molar-refractivity contribution in [1.82, 2.24) is 29.4 Å². The molecule has 0 radical (unpaired) electrons. The third-order valence-electron chi connectivity index (χ3n) is 4.13. The maximum absolute atomic E-state index is 4.75. The monoisotopic (exact) mass is 339 g/mol. The molecule has 0 aliphatic rings. The highest BCUT2D eigenvalue weighted by atomic mass is 15.3. The molecule has 0 atom stereocenters. The van der Waals surface area contributed by atoms with Gasteiger partial charge >= 0.3 is 0 Å². The normalized spacial score (nSPS) is 11.9. The Bertz CT molecular complexity index is 846. The van der Waals surface area contributed by atoms with Crippen LogP contribution in [0.15, 0.2) is 47.7 Å². The molecule has 0 unspecified atom stereocenters. The maximum Gasteiger partial charge on any atom is 0.194 e. The molecule has 3 heterocycles. The fourth-order valence-electron chi connectivity index (χ4n) is 2.77. The summed E-state index contributed by atoms with van der Waals surface area (Å²) in [5, 5.41) is 11.8. The fraction of sp³-hybridized carbons (Fsp3) is 0.389. The van der Waals surface area contributed by atoms with Gasteiger partial charge in [0.05, 0.1) is 6.54 Å². The third-order valence-corrected chi connectivity index (χ3v) is 4.13. The minimum Gasteiger partial charge on any atom is -0.357 e. The van der Waals surface area contributed by atoms with Crippen LogP contribution in [0.2, 0.25) is 0 Å². The van der Waals surface area contributed by atoms with Gasteiger partial charge in [-0.05, 0) is 31.2 Å². The molecular weight excluding hydrogens is 314 g/mol. The Morgan fingerprint density at radius 3 is 2.84 bits per heavy atom. The fourth-order valence-corrected chi connectivity index (χ4v) is 2.77. The Kier molecular flexibility index (Phi) is 5.33. The second-order valence-electron chi connectivity index (χ2n) is 6.00. The molecule has 0 saturated heterocycles. The van der Waals surface area contributed by atoms with Gasteiger partial charge in [-0.3, -0.25) is 9.39 Å². The number of pyridine rings is 1. The summed E-state index contributed by atoms with van der Waals surface area (Å²) in [4.78, 5) is 6.89. The SMILES string of the molecule is CCNC(=NCCc1nnc2ccccn12)N(C)Cc1cccn1C. The first-order valence-corrected chi connectivity index (χ1v) is 8.57. The lowest BCUT2D eigenvalue weighted by molar-refractivity contribution is 0.462. The summed E-state index contributed by atoms with van der Waals surface area (Å²) < 4.78 is 4.14. The zero-order chi connectivity index (χ0) is 17.6. The van der Waals surface area contributed by atoms with Gasteiger partial charge in [0.15, 0.2) is 11.6 Å². The Morgan fingerprint density at radius 1 is 1.20 bits per heavy atom. The highest BCUT2D eigenvalue weighted by molar-refractivity contribution is 5.79. The van der Waals surface area contributed by atoms with Crippen LogP contribution in [-0.4, -0.2) is 50.2 Å². The predicted molar refractivity (Wildman–Crippen MR) is 99.5 cm³/mol. The Labute approximate surface area is 148 Å². The summed E-state index contributed by atoms with van der Waals surface area (Å²) in [6.07, 6.45) is 4.79. The number of rotatable bonds is 6. The molecule has 0 amide bonds. The van der Waals surface area contributed by atoms with E-state index in [1.165, 1.54) is 5.69 Å². The molecule has 0 spiro atoms. The van der Waals surface area contributed by atoms with Crippen LogP contribution in [0.5, 0.6) is 0 Å². The Hall–Kier alpha value is -2.83. The summed E-state index contributed by atoms with van der Waals surface area (Å²) in [7, 11) is 4.12. The largest absolute Gasteiger partial charge is 0.357 e. The van der Waals surface area contributed by atoms with Crippen molar-refractivity contribution < 1.29 is 0 Å². The van der Waals surface area contributed by atoms with Crippen molar-refractivity contribution in [2.75, 3.05) is 20.1 Å². The molecule has 0 saturated carbocycles. The molecule has 7 heteroatoms. The van der Waals surface area contributed by atoms with Gasteiger partial charge in [-0.1, -0.05) is 6.07 Å². The van der Waals surface area contributed by atoms with Crippen molar-refractivity contribution in [3.63, 3.8) is 0 Å². The van der Waals surface area contributed by atoms with E-state index in [9.17, 15) is 0 Å². The zero-order valence-electron chi connectivity index (χ0n) is 15.1. The highest BCUT2D eigenvalue weighted by Crippen LogP contribution is 2.05. The number of aliphatic imine (C=N–C) groups is 1. The summed E-state index contributed by atoms with van der Waals surface area (Å²) in [5.74, 6) is 1.83. The molecule has 0 aliphatic carbocycles. The second kappa shape index (κ2) is 7.83. The van der Waals surface area contributed by atoms with Crippen molar-refractivity contribution in [1.29, 1.82) is 0 Å². The van der Waals surface area contributed by atoms with E-state index in [0.717, 1.165) is 36.9 Å². The first kappa shape index (κ1) is 17.0. The van der Waals surface area contributed by atoms with Crippen LogP contribution in [0.25, 0.3) is 5.65 Å². The molecule has 7 nitrogen and oxygen atoms in total. The first-order chi connectivity index (χ1) is 12.2. The molecule has 132 valence electrons. The molecule has 3 aromatic heterocycles. The van der Waals surface area contributed by atoms with Gasteiger partial charge in [-0.2, -0.15) is 0 Å². The lowest BCUT2D eigenvalue weighted by atomic mass is 10.4. The minimum atomic E-state index is 0.662. The molecular formula is C18H25N7. The van der Waals surface area contributed by atoms with E-state index in [0.29, 0.717) is 6.54 Å². The van der Waals surface area contributed by atoms with Crippen molar-refractivity contribution in [2.45, 2.75) is 19.9 Å². The van der Waals surface area contributed by atoms with Gasteiger partial charge in [0.25, 0.3) is 0 Å². The number of guanidine groups is 1. The molecule has 1 N–H and O–H groups in total. The van der Waals surface area contributed by atoms with Crippen LogP contribution in [0.1, 0.15) is 18.4 Å². The zero-order valence-corrected chi connectivity index (χ0v) is 15.1. The average molecular weight is 339 g/mol. The predicted octanol–water partition coefficient (Wildman–Crippen LogP) is 1.71. The topological polar surface area (TPSA) is 62.8 Å². The highest BCUT2D eigenvalue weighted by Gasteiger charge is 2.09. The lowest BCUT2D eigenvalue weighted by Gasteiger charge is -2.22. The van der Waals surface area contributed by atoms with Gasteiger partial charge in [-0.25, -0.2) is 0 Å². The van der Waals surface area contributed by atoms with E-state index >= 15 is 0 Å². The standard InChI is InChI=1S/C18H25N7/c1-4-19-18(24(3)14-15-8-7-12-23(15)2)20-11-10-17-22-21-16-9-5-6-13-25(16)17/h5-9,12-13H,4,10-11,14H2,1-3H3,(H,19,20). The van der Waals surface area contributed by atoms with Gasteiger partial charge in [0.2, 0.25) is 0 Å². The van der Waals surface area contributed by atoms with E-state index in [2.05, 4.69) is 64.3 Å². The van der Waals surface area contributed by atoms with Crippen LogP contribution in [0, 0.1) is 0 Å². The third kappa shape index (κ3) is 3.99. The number of aryl methyl sites for hydroxylation is 1. The van der Waals surface area contributed by atoms with Crippen molar-refractivity contribution in [3.05, 3.63) is 54.2 Å². The van der Waals surface area contributed by atoms with Gasteiger partial charge in [0, 0.05) is 51.7 Å². The van der Waals surface area contributed by atoms with Crippen LogP contribution < -0.4 is 5.32 Å². The van der Waals surface area contributed by atoms with E-state index < -0.39 is 0 Å². The molecule has 3 rings (SSSR count). The smallest absolute Gasteiger partial charge is 0.194 e. The molecule has 0 aliphatic heterocycles. The Balaban J connectivity index is 1.66. The quantitative estimate of drug-likeness (QED) is 0.548. The van der Waals surface area contributed by atoms with Gasteiger partial charge in [-0.15, -0.1) is 10.2 Å². The summed E-state index contributed by atoms with van der Waals surface area (Å²) in [5.41, 5.74) is 2.12. The Morgan fingerprint density at radius 2 is 2.08 bits per heavy atom. The number of hydrogen-bond acceptors (Lipinski definition) is 3. The van der Waals surface area contributed by atoms with E-state index in [1.54, 1.807) is 0 Å². The average Bonchev–Trinajstić information content (AvgIpc) is 3.21. The number of aromatic nitrogens is 4.